The predicted molar refractivity (Wildman–Crippen MR) is 88.6 cm³/mol. The molecule has 2 heterocycles. The Bertz CT molecular complexity index is 687. The van der Waals surface area contributed by atoms with Crippen LogP contribution in [0.4, 0.5) is 0 Å². The van der Waals surface area contributed by atoms with E-state index in [1.54, 1.807) is 0 Å². The highest BCUT2D eigenvalue weighted by Crippen LogP contribution is 2.24. The standard InChI is InChI=1S/C16H15IN2O/c1-11-4-2-3-5-14(11)12-6-7-19(10-12)16(20)15-8-13(17)9-18-15/h2-6,8-9,18H,7,10H2,1H3. The van der Waals surface area contributed by atoms with Gasteiger partial charge in [-0.2, -0.15) is 0 Å². The van der Waals surface area contributed by atoms with Gasteiger partial charge in [-0.15, -0.1) is 0 Å². The van der Waals surface area contributed by atoms with Gasteiger partial charge in [-0.25, -0.2) is 0 Å². The number of hydrogen-bond acceptors (Lipinski definition) is 1. The number of rotatable bonds is 2. The number of carbonyl (C=O) groups excluding carboxylic acids is 1. The minimum Gasteiger partial charge on any atom is -0.356 e. The number of halogens is 1. The molecule has 1 aliphatic heterocycles. The van der Waals surface area contributed by atoms with Crippen molar-refractivity contribution < 1.29 is 4.79 Å². The minimum atomic E-state index is 0.0627. The molecule has 1 N–H and O–H groups in total. The monoisotopic (exact) mass is 378 g/mol. The summed E-state index contributed by atoms with van der Waals surface area (Å²) in [7, 11) is 0. The molecule has 20 heavy (non-hydrogen) atoms. The summed E-state index contributed by atoms with van der Waals surface area (Å²) in [5.74, 6) is 0.0627. The van der Waals surface area contributed by atoms with Crippen LogP contribution in [-0.2, 0) is 0 Å². The lowest BCUT2D eigenvalue weighted by molar-refractivity contribution is 0.0796. The highest BCUT2D eigenvalue weighted by molar-refractivity contribution is 14.1. The Morgan fingerprint density at radius 1 is 1.35 bits per heavy atom. The average molecular weight is 378 g/mol. The maximum Gasteiger partial charge on any atom is 0.270 e. The molecule has 0 radical (unpaired) electrons. The maximum absolute atomic E-state index is 12.4. The number of amides is 1. The van der Waals surface area contributed by atoms with E-state index in [0.717, 1.165) is 3.57 Å². The van der Waals surface area contributed by atoms with Crippen molar-refractivity contribution in [1.29, 1.82) is 0 Å². The first-order valence-corrected chi connectivity index (χ1v) is 7.61. The molecule has 1 aromatic heterocycles. The van der Waals surface area contributed by atoms with Crippen molar-refractivity contribution in [2.75, 3.05) is 13.1 Å². The Hall–Kier alpha value is -1.56. The zero-order valence-corrected chi connectivity index (χ0v) is 13.3. The van der Waals surface area contributed by atoms with Crippen LogP contribution in [0.2, 0.25) is 0 Å². The molecule has 0 spiro atoms. The Morgan fingerprint density at radius 2 is 2.15 bits per heavy atom. The van der Waals surface area contributed by atoms with E-state index >= 15 is 0 Å². The average Bonchev–Trinajstić information content (AvgIpc) is 3.07. The molecule has 1 aliphatic rings. The molecule has 0 unspecified atom stereocenters. The van der Waals surface area contributed by atoms with Gasteiger partial charge in [0.05, 0.1) is 0 Å². The molecule has 0 fully saturated rings. The van der Waals surface area contributed by atoms with Gasteiger partial charge in [-0.1, -0.05) is 30.3 Å². The number of H-pyrrole nitrogens is 1. The zero-order chi connectivity index (χ0) is 14.1. The van der Waals surface area contributed by atoms with Crippen molar-refractivity contribution in [3.05, 3.63) is 63.0 Å². The van der Waals surface area contributed by atoms with E-state index < -0.39 is 0 Å². The predicted octanol–water partition coefficient (Wildman–Crippen LogP) is 3.47. The van der Waals surface area contributed by atoms with E-state index in [1.165, 1.54) is 16.7 Å². The summed E-state index contributed by atoms with van der Waals surface area (Å²) in [6, 6.07) is 10.2. The van der Waals surface area contributed by atoms with Crippen molar-refractivity contribution in [2.45, 2.75) is 6.92 Å². The van der Waals surface area contributed by atoms with Crippen LogP contribution in [0.15, 0.2) is 42.6 Å². The van der Waals surface area contributed by atoms with Crippen LogP contribution < -0.4 is 0 Å². The molecule has 1 amide bonds. The molecule has 1 aromatic carbocycles. The second kappa shape index (κ2) is 5.44. The molecule has 0 saturated carbocycles. The normalized spacial score (nSPS) is 14.5. The zero-order valence-electron chi connectivity index (χ0n) is 11.2. The first-order valence-electron chi connectivity index (χ1n) is 6.53. The first kappa shape index (κ1) is 13.4. The van der Waals surface area contributed by atoms with Gasteiger partial charge in [0.25, 0.3) is 5.91 Å². The third-order valence-corrected chi connectivity index (χ3v) is 4.20. The lowest BCUT2D eigenvalue weighted by Crippen LogP contribution is -2.29. The largest absolute Gasteiger partial charge is 0.356 e. The fourth-order valence-electron chi connectivity index (χ4n) is 2.50. The van der Waals surface area contributed by atoms with Gasteiger partial charge >= 0.3 is 0 Å². The van der Waals surface area contributed by atoms with Gasteiger partial charge in [0.1, 0.15) is 5.69 Å². The topological polar surface area (TPSA) is 36.1 Å². The third-order valence-electron chi connectivity index (χ3n) is 3.58. The van der Waals surface area contributed by atoms with E-state index in [-0.39, 0.29) is 5.91 Å². The van der Waals surface area contributed by atoms with Crippen LogP contribution >= 0.6 is 22.6 Å². The number of nitrogens with one attached hydrogen (secondary N) is 1. The van der Waals surface area contributed by atoms with Crippen LogP contribution in [0.5, 0.6) is 0 Å². The van der Waals surface area contributed by atoms with Gasteiger partial charge in [-0.05, 0) is 52.3 Å². The number of nitrogens with zero attached hydrogens (tertiary/aromatic N) is 1. The van der Waals surface area contributed by atoms with E-state index in [2.05, 4.69) is 52.7 Å². The molecule has 0 saturated heterocycles. The Morgan fingerprint density at radius 3 is 2.85 bits per heavy atom. The maximum atomic E-state index is 12.4. The number of aryl methyl sites for hydroxylation is 1. The van der Waals surface area contributed by atoms with Crippen molar-refractivity contribution in [1.82, 2.24) is 9.88 Å². The Balaban J connectivity index is 1.76. The third kappa shape index (κ3) is 2.52. The summed E-state index contributed by atoms with van der Waals surface area (Å²) in [5.41, 5.74) is 4.39. The smallest absolute Gasteiger partial charge is 0.270 e. The van der Waals surface area contributed by atoms with Crippen molar-refractivity contribution in [3.8, 4) is 0 Å². The van der Waals surface area contributed by atoms with Gasteiger partial charge in [-0.3, -0.25) is 4.79 Å². The van der Waals surface area contributed by atoms with E-state index in [9.17, 15) is 4.79 Å². The molecule has 0 aliphatic carbocycles. The van der Waals surface area contributed by atoms with Crippen molar-refractivity contribution in [3.63, 3.8) is 0 Å². The first-order chi connectivity index (χ1) is 9.65. The fraction of sp³-hybridized carbons (Fsp3) is 0.188. The highest BCUT2D eigenvalue weighted by Gasteiger charge is 2.23. The van der Waals surface area contributed by atoms with Gasteiger partial charge in [0.2, 0.25) is 0 Å². The van der Waals surface area contributed by atoms with E-state index in [0.29, 0.717) is 18.8 Å². The number of benzene rings is 1. The number of hydrogen-bond donors (Lipinski definition) is 1. The van der Waals surface area contributed by atoms with Crippen LogP contribution in [0.25, 0.3) is 5.57 Å². The molecular formula is C16H15IN2O. The summed E-state index contributed by atoms with van der Waals surface area (Å²) >= 11 is 2.20. The fourth-order valence-corrected chi connectivity index (χ4v) is 2.97. The van der Waals surface area contributed by atoms with Crippen LogP contribution in [0.3, 0.4) is 0 Å². The van der Waals surface area contributed by atoms with E-state index in [4.69, 9.17) is 0 Å². The SMILES string of the molecule is Cc1ccccc1C1=CCN(C(=O)c2cc(I)c[nH]2)C1. The lowest BCUT2D eigenvalue weighted by Gasteiger charge is -2.16. The molecule has 0 bridgehead atoms. The Kier molecular flexibility index (Phi) is 3.65. The molecule has 3 rings (SSSR count). The van der Waals surface area contributed by atoms with Gasteiger partial charge in [0, 0.05) is 22.9 Å². The molecule has 4 heteroatoms. The minimum absolute atomic E-state index is 0.0627. The number of carbonyl (C=O) groups is 1. The summed E-state index contributed by atoms with van der Waals surface area (Å²) in [6.07, 6.45) is 3.99. The molecular weight excluding hydrogens is 363 g/mol. The van der Waals surface area contributed by atoms with Gasteiger partial charge < -0.3 is 9.88 Å². The number of aromatic amines is 1. The van der Waals surface area contributed by atoms with Crippen molar-refractivity contribution >= 4 is 34.1 Å². The van der Waals surface area contributed by atoms with Crippen LogP contribution in [0, 0.1) is 10.5 Å². The van der Waals surface area contributed by atoms with Crippen LogP contribution in [-0.4, -0.2) is 28.9 Å². The Labute approximate surface area is 131 Å². The second-order valence-electron chi connectivity index (χ2n) is 4.96. The summed E-state index contributed by atoms with van der Waals surface area (Å²) in [5, 5.41) is 0. The highest BCUT2D eigenvalue weighted by atomic mass is 127. The van der Waals surface area contributed by atoms with Gasteiger partial charge in [0.15, 0.2) is 0 Å². The van der Waals surface area contributed by atoms with Crippen LogP contribution in [0.1, 0.15) is 21.6 Å². The lowest BCUT2D eigenvalue weighted by atomic mass is 10.0. The number of aromatic nitrogens is 1. The quantitative estimate of drug-likeness (QED) is 0.799. The van der Waals surface area contributed by atoms with Crippen molar-refractivity contribution in [2.24, 2.45) is 0 Å². The molecule has 2 aromatic rings. The molecule has 102 valence electrons. The second-order valence-corrected chi connectivity index (χ2v) is 6.21. The molecule has 3 nitrogen and oxygen atoms in total. The van der Waals surface area contributed by atoms with E-state index in [1.807, 2.05) is 29.3 Å². The summed E-state index contributed by atoms with van der Waals surface area (Å²) in [4.78, 5) is 17.3. The molecule has 0 atom stereocenters. The summed E-state index contributed by atoms with van der Waals surface area (Å²) in [6.45, 7) is 3.46. The summed E-state index contributed by atoms with van der Waals surface area (Å²) < 4.78 is 1.05.